The third-order valence-corrected chi connectivity index (χ3v) is 4.02. The van der Waals surface area contributed by atoms with Crippen LogP contribution in [0.15, 0.2) is 41.4 Å². The standard InChI is InChI=1S/C19H20F4N2/c1-4-25(3)12-24-18-11-17(20)10-15(13(18)2)9-14-5-7-16(8-6-14)19(21,22)23/h5-8,10-12H,4,9H2,1-3H3/b24-12+. The van der Waals surface area contributed by atoms with E-state index in [1.54, 1.807) is 6.34 Å². The highest BCUT2D eigenvalue weighted by Gasteiger charge is 2.29. The monoisotopic (exact) mass is 352 g/mol. The predicted molar refractivity (Wildman–Crippen MR) is 91.8 cm³/mol. The first kappa shape index (κ1) is 19.0. The maximum absolute atomic E-state index is 13.9. The number of rotatable bonds is 5. The van der Waals surface area contributed by atoms with Crippen LogP contribution >= 0.6 is 0 Å². The molecule has 0 bridgehead atoms. The van der Waals surface area contributed by atoms with Crippen LogP contribution in [0.1, 0.15) is 29.2 Å². The lowest BCUT2D eigenvalue weighted by Crippen LogP contribution is -2.14. The fourth-order valence-electron chi connectivity index (χ4n) is 2.31. The topological polar surface area (TPSA) is 15.6 Å². The lowest BCUT2D eigenvalue weighted by molar-refractivity contribution is -0.137. The molecule has 2 nitrogen and oxygen atoms in total. The van der Waals surface area contributed by atoms with E-state index in [4.69, 9.17) is 0 Å². The van der Waals surface area contributed by atoms with E-state index in [2.05, 4.69) is 4.99 Å². The third-order valence-electron chi connectivity index (χ3n) is 4.02. The summed E-state index contributed by atoms with van der Waals surface area (Å²) in [6.45, 7) is 4.58. The summed E-state index contributed by atoms with van der Waals surface area (Å²) in [6.07, 6.45) is -2.39. The fourth-order valence-corrected chi connectivity index (χ4v) is 2.31. The summed E-state index contributed by atoms with van der Waals surface area (Å²) in [5.41, 5.74) is 2.01. The molecule has 0 heterocycles. The Morgan fingerprint density at radius 3 is 2.32 bits per heavy atom. The number of hydrogen-bond donors (Lipinski definition) is 0. The van der Waals surface area contributed by atoms with Gasteiger partial charge in [0.25, 0.3) is 0 Å². The van der Waals surface area contributed by atoms with Gasteiger partial charge < -0.3 is 4.90 Å². The minimum absolute atomic E-state index is 0.341. The van der Waals surface area contributed by atoms with Crippen molar-refractivity contribution in [1.29, 1.82) is 0 Å². The number of alkyl halides is 3. The minimum Gasteiger partial charge on any atom is -0.366 e. The molecule has 0 aliphatic rings. The average molecular weight is 352 g/mol. The highest BCUT2D eigenvalue weighted by Crippen LogP contribution is 2.30. The van der Waals surface area contributed by atoms with E-state index in [1.165, 1.54) is 24.3 Å². The Bertz CT molecular complexity index is 749. The van der Waals surface area contributed by atoms with Crippen molar-refractivity contribution in [3.05, 3.63) is 64.5 Å². The first-order chi connectivity index (χ1) is 11.7. The van der Waals surface area contributed by atoms with Gasteiger partial charge in [-0.15, -0.1) is 0 Å². The van der Waals surface area contributed by atoms with Crippen LogP contribution in [0, 0.1) is 12.7 Å². The largest absolute Gasteiger partial charge is 0.416 e. The molecule has 0 saturated carbocycles. The van der Waals surface area contributed by atoms with E-state index in [-0.39, 0.29) is 0 Å². The van der Waals surface area contributed by atoms with Gasteiger partial charge >= 0.3 is 6.18 Å². The van der Waals surface area contributed by atoms with Gasteiger partial charge in [-0.3, -0.25) is 0 Å². The Morgan fingerprint density at radius 2 is 1.76 bits per heavy atom. The van der Waals surface area contributed by atoms with Gasteiger partial charge in [-0.1, -0.05) is 12.1 Å². The van der Waals surface area contributed by atoms with Crippen molar-refractivity contribution in [3.8, 4) is 0 Å². The molecule has 0 spiro atoms. The van der Waals surface area contributed by atoms with Gasteiger partial charge in [0, 0.05) is 13.6 Å². The van der Waals surface area contributed by atoms with Gasteiger partial charge in [0.15, 0.2) is 0 Å². The third kappa shape index (κ3) is 5.05. The second-order valence-corrected chi connectivity index (χ2v) is 5.90. The molecular formula is C19H20F4N2. The summed E-state index contributed by atoms with van der Waals surface area (Å²) in [6, 6.07) is 7.67. The molecule has 0 amide bonds. The molecule has 2 rings (SSSR count). The van der Waals surface area contributed by atoms with Crippen molar-refractivity contribution in [2.75, 3.05) is 13.6 Å². The summed E-state index contributed by atoms with van der Waals surface area (Å²) in [5.74, 6) is -0.418. The number of aliphatic imine (C=N–C) groups is 1. The number of halogens is 4. The van der Waals surface area contributed by atoms with Crippen LogP contribution in [-0.2, 0) is 12.6 Å². The second-order valence-electron chi connectivity index (χ2n) is 5.90. The van der Waals surface area contributed by atoms with Crippen molar-refractivity contribution in [2.24, 2.45) is 4.99 Å². The zero-order valence-corrected chi connectivity index (χ0v) is 14.4. The van der Waals surface area contributed by atoms with E-state index in [0.717, 1.165) is 24.2 Å². The van der Waals surface area contributed by atoms with Gasteiger partial charge in [-0.2, -0.15) is 13.2 Å². The first-order valence-corrected chi connectivity index (χ1v) is 7.90. The van der Waals surface area contributed by atoms with Gasteiger partial charge in [0.2, 0.25) is 0 Å². The molecule has 25 heavy (non-hydrogen) atoms. The fraction of sp³-hybridized carbons (Fsp3) is 0.316. The summed E-state index contributed by atoms with van der Waals surface area (Å²) in [7, 11) is 1.86. The molecule has 0 radical (unpaired) electrons. The second kappa shape index (κ2) is 7.68. The molecule has 0 atom stereocenters. The Hall–Kier alpha value is -2.37. The SMILES string of the molecule is CCN(C)/C=N/c1cc(F)cc(Cc2ccc(C(F)(F)F)cc2)c1C. The summed E-state index contributed by atoms with van der Waals surface area (Å²) in [4.78, 5) is 6.16. The van der Waals surface area contributed by atoms with Crippen molar-refractivity contribution < 1.29 is 17.6 Å². The molecule has 0 unspecified atom stereocenters. The highest BCUT2D eigenvalue weighted by atomic mass is 19.4. The lowest BCUT2D eigenvalue weighted by Gasteiger charge is -2.12. The lowest BCUT2D eigenvalue weighted by atomic mass is 9.98. The van der Waals surface area contributed by atoms with Crippen molar-refractivity contribution in [2.45, 2.75) is 26.4 Å². The number of nitrogens with zero attached hydrogens (tertiary/aromatic N) is 2. The number of benzene rings is 2. The van der Waals surface area contributed by atoms with Crippen LogP contribution in [0.3, 0.4) is 0 Å². The zero-order chi connectivity index (χ0) is 18.6. The van der Waals surface area contributed by atoms with E-state index in [9.17, 15) is 17.6 Å². The molecule has 6 heteroatoms. The maximum atomic E-state index is 13.9. The Balaban J connectivity index is 2.27. The van der Waals surface area contributed by atoms with E-state index in [1.807, 2.05) is 25.8 Å². The molecule has 2 aromatic rings. The smallest absolute Gasteiger partial charge is 0.366 e. The molecule has 0 aliphatic heterocycles. The first-order valence-electron chi connectivity index (χ1n) is 7.90. The van der Waals surface area contributed by atoms with Gasteiger partial charge in [-0.05, 0) is 61.2 Å². The van der Waals surface area contributed by atoms with Crippen LogP contribution in [-0.4, -0.2) is 24.8 Å². The van der Waals surface area contributed by atoms with Crippen LogP contribution in [0.25, 0.3) is 0 Å². The molecule has 0 N–H and O–H groups in total. The molecule has 0 saturated heterocycles. The van der Waals surface area contributed by atoms with Crippen LogP contribution < -0.4 is 0 Å². The zero-order valence-electron chi connectivity index (χ0n) is 14.4. The highest BCUT2D eigenvalue weighted by molar-refractivity contribution is 5.64. The van der Waals surface area contributed by atoms with E-state index >= 15 is 0 Å². The maximum Gasteiger partial charge on any atom is 0.416 e. The normalized spacial score (nSPS) is 12.0. The summed E-state index contributed by atoms with van der Waals surface area (Å²) < 4.78 is 51.8. The molecule has 2 aromatic carbocycles. The van der Waals surface area contributed by atoms with Crippen molar-refractivity contribution >= 4 is 12.0 Å². The quantitative estimate of drug-likeness (QED) is 0.402. The van der Waals surface area contributed by atoms with Crippen LogP contribution in [0.5, 0.6) is 0 Å². The number of hydrogen-bond acceptors (Lipinski definition) is 1. The van der Waals surface area contributed by atoms with Crippen molar-refractivity contribution in [3.63, 3.8) is 0 Å². The summed E-state index contributed by atoms with van der Waals surface area (Å²) >= 11 is 0. The van der Waals surface area contributed by atoms with E-state index in [0.29, 0.717) is 23.2 Å². The molecule has 0 aromatic heterocycles. The molecule has 134 valence electrons. The average Bonchev–Trinajstić information content (AvgIpc) is 2.55. The summed E-state index contributed by atoms with van der Waals surface area (Å²) in [5, 5.41) is 0. The Morgan fingerprint density at radius 1 is 1.12 bits per heavy atom. The predicted octanol–water partition coefficient (Wildman–Crippen LogP) is 5.36. The van der Waals surface area contributed by atoms with Gasteiger partial charge in [0.1, 0.15) is 5.82 Å². The minimum atomic E-state index is -4.36. The Labute approximate surface area is 144 Å². The van der Waals surface area contributed by atoms with E-state index < -0.39 is 17.6 Å². The molecule has 0 fully saturated rings. The van der Waals surface area contributed by atoms with Gasteiger partial charge in [0.05, 0.1) is 17.6 Å². The molecular weight excluding hydrogens is 332 g/mol. The van der Waals surface area contributed by atoms with Gasteiger partial charge in [-0.25, -0.2) is 9.38 Å². The van der Waals surface area contributed by atoms with Crippen LogP contribution in [0.4, 0.5) is 23.2 Å². The van der Waals surface area contributed by atoms with Crippen LogP contribution in [0.2, 0.25) is 0 Å². The van der Waals surface area contributed by atoms with Crippen molar-refractivity contribution in [1.82, 2.24) is 4.90 Å². The Kier molecular flexibility index (Phi) is 5.82. The molecule has 0 aliphatic carbocycles.